The van der Waals surface area contributed by atoms with Crippen molar-refractivity contribution < 1.29 is 39.6 Å². The molecule has 12 nitrogen and oxygen atoms in total. The second-order valence-corrected chi connectivity index (χ2v) is 23.6. The summed E-state index contributed by atoms with van der Waals surface area (Å²) in [5, 5.41) is 74.2. The summed E-state index contributed by atoms with van der Waals surface area (Å²) in [7, 11) is 0. The minimum Gasteiger partial charge on any atom is -0.549 e. The van der Waals surface area contributed by atoms with Crippen LogP contribution in [-0.2, 0) is 19.2 Å². The number of rotatable bonds is 10. The molecule has 0 aromatic rings. The molecule has 4 aliphatic heterocycles. The van der Waals surface area contributed by atoms with E-state index in [9.17, 15) is 39.6 Å². The van der Waals surface area contributed by atoms with Gasteiger partial charge in [-0.1, -0.05) is 0 Å². The lowest BCUT2D eigenvalue weighted by atomic mass is 9.32. The van der Waals surface area contributed by atoms with Gasteiger partial charge in [0.25, 0.3) is 0 Å². The molecule has 55 heavy (non-hydrogen) atoms. The van der Waals surface area contributed by atoms with E-state index in [2.05, 4.69) is 21.3 Å². The predicted molar refractivity (Wildman–Crippen MR) is 203 cm³/mol. The molecule has 0 spiro atoms. The summed E-state index contributed by atoms with van der Waals surface area (Å²) in [5.74, 6) is -13.0. The molecule has 4 heterocycles. The minimum absolute atomic E-state index is 0.0327. The number of piperidine rings is 4. The van der Waals surface area contributed by atoms with Crippen molar-refractivity contribution in [3.8, 4) is 0 Å². The zero-order valence-corrected chi connectivity index (χ0v) is 36.7. The van der Waals surface area contributed by atoms with Crippen LogP contribution < -0.4 is 41.7 Å². The normalized spacial score (nSPS) is 28.2. The number of nitrogens with one attached hydrogen (secondary N) is 4. The van der Waals surface area contributed by atoms with Gasteiger partial charge in [-0.05, 0) is 186 Å². The lowest BCUT2D eigenvalue weighted by molar-refractivity contribution is -0.394. The highest BCUT2D eigenvalue weighted by Crippen LogP contribution is 2.73. The molecule has 4 N–H and O–H groups in total. The summed E-state index contributed by atoms with van der Waals surface area (Å²) in [4.78, 5) is 59.9. The SMILES string of the molecule is CC1(C)CC(C(C(=O)[O-])(C(=O)[O-])C(C2CC(C)(C)NC(C)(C)C2)(C2CC(C)(C)NC(C)(C)C2)C(C(=O)[O-])(C(=O)[O-])C2CC(C)(C)NC(C)(C)C2)CC(C)(C)N1. The summed E-state index contributed by atoms with van der Waals surface area (Å²) in [6.45, 7) is 30.1. The number of hydrogen-bond donors (Lipinski definition) is 4. The molecule has 4 fully saturated rings. The maximum absolute atomic E-state index is 15.0. The fourth-order valence-electron chi connectivity index (χ4n) is 14.7. The van der Waals surface area contributed by atoms with Gasteiger partial charge in [0, 0.05) is 49.7 Å². The van der Waals surface area contributed by atoms with Crippen molar-refractivity contribution in [1.82, 2.24) is 21.3 Å². The fraction of sp³-hybridized carbons (Fsp3) is 0.907. The van der Waals surface area contributed by atoms with Crippen LogP contribution in [0.15, 0.2) is 0 Å². The molecular weight excluding hydrogens is 700 g/mol. The van der Waals surface area contributed by atoms with Crippen LogP contribution >= 0.6 is 0 Å². The monoisotopic (exact) mass is 773 g/mol. The molecule has 0 aliphatic carbocycles. The molecule has 12 heteroatoms. The summed E-state index contributed by atoms with van der Waals surface area (Å²) < 4.78 is 0. The molecule has 4 saturated heterocycles. The van der Waals surface area contributed by atoms with E-state index < -0.39 is 108 Å². The first-order chi connectivity index (χ1) is 24.4. The molecular formula is C43H72N4O8-4. The Morgan fingerprint density at radius 3 is 0.636 bits per heavy atom. The number of aliphatic carboxylic acids is 4. The summed E-state index contributed by atoms with van der Waals surface area (Å²) in [6, 6.07) is 0. The third kappa shape index (κ3) is 7.84. The van der Waals surface area contributed by atoms with Gasteiger partial charge in [-0.3, -0.25) is 0 Å². The van der Waals surface area contributed by atoms with Crippen molar-refractivity contribution in [3.63, 3.8) is 0 Å². The van der Waals surface area contributed by atoms with Crippen LogP contribution in [0.4, 0.5) is 0 Å². The Morgan fingerprint density at radius 1 is 0.345 bits per heavy atom. The Hall–Kier alpha value is -2.28. The number of carboxylic acid groups (broad SMARTS) is 4. The largest absolute Gasteiger partial charge is 0.549 e. The molecule has 0 amide bonds. The molecule has 0 aromatic heterocycles. The van der Waals surface area contributed by atoms with Gasteiger partial charge < -0.3 is 60.9 Å². The topological polar surface area (TPSA) is 209 Å². The number of carbonyl (C=O) groups excluding carboxylic acids is 4. The standard InChI is InChI=1S/C43H76N4O8/c1-33(2)17-25(18-34(3,4)44-33)41(29(48)49,30(50)51)43(27-21-37(9,10)46-38(11,12)22-27,28-23-39(13,14)47-40(15,16)24-28)42(31(52)53,32(54)55)26-19-35(5,6)45-36(7,8)20-26/h25-28,44-47H,17-24H2,1-16H3,(H,48,49)(H,50,51)(H,52,53)(H,54,55)/p-4. The van der Waals surface area contributed by atoms with Crippen LogP contribution in [-0.4, -0.2) is 68.2 Å². The number of carbonyl (C=O) groups is 4. The predicted octanol–water partition coefficient (Wildman–Crippen LogP) is 1.17. The third-order valence-corrected chi connectivity index (χ3v) is 13.9. The molecule has 4 aliphatic rings. The van der Waals surface area contributed by atoms with Crippen LogP contribution in [0, 0.1) is 39.9 Å². The average molecular weight is 773 g/mol. The van der Waals surface area contributed by atoms with E-state index in [-0.39, 0.29) is 51.4 Å². The maximum Gasteiger partial charge on any atom is 0.0598 e. The summed E-state index contributed by atoms with van der Waals surface area (Å²) in [5.41, 5.74) is -15.6. The number of carboxylic acids is 4. The van der Waals surface area contributed by atoms with E-state index in [0.717, 1.165) is 0 Å². The molecule has 0 radical (unpaired) electrons. The molecule has 0 saturated carbocycles. The Kier molecular flexibility index (Phi) is 11.0. The third-order valence-electron chi connectivity index (χ3n) is 13.9. The van der Waals surface area contributed by atoms with Crippen molar-refractivity contribution in [2.45, 2.75) is 206 Å². The lowest BCUT2D eigenvalue weighted by Gasteiger charge is -2.75. The fourth-order valence-corrected chi connectivity index (χ4v) is 14.7. The first kappa shape index (κ1) is 45.4. The molecule has 4 rings (SSSR count). The van der Waals surface area contributed by atoms with Crippen molar-refractivity contribution in [1.29, 1.82) is 0 Å². The minimum atomic E-state index is -3.16. The van der Waals surface area contributed by atoms with Gasteiger partial charge in [-0.2, -0.15) is 0 Å². The Bertz CT molecular complexity index is 1350. The first-order valence-electron chi connectivity index (χ1n) is 20.4. The zero-order chi connectivity index (χ0) is 42.6. The van der Waals surface area contributed by atoms with Gasteiger partial charge >= 0.3 is 0 Å². The highest BCUT2D eigenvalue weighted by atomic mass is 16.4. The summed E-state index contributed by atoms with van der Waals surface area (Å²) >= 11 is 0. The molecule has 316 valence electrons. The Balaban J connectivity index is 2.46. The van der Waals surface area contributed by atoms with E-state index in [0.29, 0.717) is 0 Å². The summed E-state index contributed by atoms with van der Waals surface area (Å²) in [6.07, 6.45) is 0.152. The zero-order valence-electron chi connectivity index (χ0n) is 36.7. The molecule has 0 unspecified atom stereocenters. The average Bonchev–Trinajstić information content (AvgIpc) is 2.84. The molecule has 0 aromatic carbocycles. The van der Waals surface area contributed by atoms with E-state index in [1.165, 1.54) is 0 Å². The van der Waals surface area contributed by atoms with Crippen LogP contribution in [0.1, 0.15) is 162 Å². The van der Waals surface area contributed by atoms with Crippen LogP contribution in [0.5, 0.6) is 0 Å². The van der Waals surface area contributed by atoms with Crippen LogP contribution in [0.3, 0.4) is 0 Å². The van der Waals surface area contributed by atoms with Crippen molar-refractivity contribution >= 4 is 23.9 Å². The highest BCUT2D eigenvalue weighted by molar-refractivity contribution is 6.04. The van der Waals surface area contributed by atoms with E-state index in [1.54, 1.807) is 0 Å². The Morgan fingerprint density at radius 2 is 0.491 bits per heavy atom. The van der Waals surface area contributed by atoms with Crippen molar-refractivity contribution in [3.05, 3.63) is 0 Å². The number of hydrogen-bond acceptors (Lipinski definition) is 12. The van der Waals surface area contributed by atoms with E-state index in [1.807, 2.05) is 111 Å². The van der Waals surface area contributed by atoms with Crippen molar-refractivity contribution in [2.24, 2.45) is 39.9 Å². The van der Waals surface area contributed by atoms with Gasteiger partial charge in [-0.15, -0.1) is 0 Å². The second-order valence-electron chi connectivity index (χ2n) is 23.6. The van der Waals surface area contributed by atoms with Gasteiger partial charge in [0.05, 0.1) is 34.7 Å². The van der Waals surface area contributed by atoms with Crippen LogP contribution in [0.2, 0.25) is 0 Å². The van der Waals surface area contributed by atoms with E-state index in [4.69, 9.17) is 0 Å². The highest BCUT2D eigenvalue weighted by Gasteiger charge is 2.77. The quantitative estimate of drug-likeness (QED) is 0.231. The maximum atomic E-state index is 15.0. The van der Waals surface area contributed by atoms with Gasteiger partial charge in [-0.25, -0.2) is 0 Å². The van der Waals surface area contributed by atoms with E-state index >= 15 is 0 Å². The molecule has 0 atom stereocenters. The molecule has 0 bridgehead atoms. The smallest absolute Gasteiger partial charge is 0.0598 e. The Labute approximate surface area is 330 Å². The van der Waals surface area contributed by atoms with Gasteiger partial charge in [0.2, 0.25) is 0 Å². The lowest BCUT2D eigenvalue weighted by Crippen LogP contribution is -2.84. The first-order valence-corrected chi connectivity index (χ1v) is 20.4. The van der Waals surface area contributed by atoms with Crippen molar-refractivity contribution in [2.75, 3.05) is 0 Å². The van der Waals surface area contributed by atoms with Crippen LogP contribution in [0.25, 0.3) is 0 Å². The second kappa shape index (κ2) is 13.4. The van der Waals surface area contributed by atoms with Gasteiger partial charge in [0.1, 0.15) is 0 Å². The van der Waals surface area contributed by atoms with Gasteiger partial charge in [0.15, 0.2) is 0 Å².